The Morgan fingerprint density at radius 3 is 3.17 bits per heavy atom. The van der Waals surface area contributed by atoms with Crippen LogP contribution in [-0.4, -0.2) is 17.8 Å². The van der Waals surface area contributed by atoms with E-state index in [1.54, 1.807) is 0 Å². The van der Waals surface area contributed by atoms with Crippen LogP contribution in [0.25, 0.3) is 0 Å². The monoisotopic (exact) mass is 186 g/mol. The fourth-order valence-electron chi connectivity index (χ4n) is 1.10. The van der Waals surface area contributed by atoms with Gasteiger partial charge in [-0.05, 0) is 12.2 Å². The normalized spacial score (nSPS) is 27.0. The molecule has 0 fully saturated rings. The zero-order valence-electron chi connectivity index (χ0n) is 5.84. The highest BCUT2D eigenvalue weighted by molar-refractivity contribution is 6.36. The highest BCUT2D eigenvalue weighted by Crippen LogP contribution is 2.23. The minimum atomic E-state index is -1.38. The summed E-state index contributed by atoms with van der Waals surface area (Å²) in [6, 6.07) is 0. The molecule has 62 valence electrons. The molecule has 1 atom stereocenters. The number of hydrazone groups is 1. The molecule has 0 aromatic carbocycles. The van der Waals surface area contributed by atoms with E-state index in [-0.39, 0.29) is 16.3 Å². The smallest absolute Gasteiger partial charge is 0.267 e. The zero-order valence-corrected chi connectivity index (χ0v) is 6.60. The molecule has 0 aromatic rings. The second-order valence-electron chi connectivity index (χ2n) is 2.45. The lowest BCUT2D eigenvalue weighted by molar-refractivity contribution is -0.116. The van der Waals surface area contributed by atoms with Crippen LogP contribution < -0.4 is 5.43 Å². The van der Waals surface area contributed by atoms with Gasteiger partial charge in [0.05, 0.1) is 5.57 Å². The number of carbonyl (C=O) groups excluding carboxylic acids is 1. The first-order valence-corrected chi connectivity index (χ1v) is 3.67. The summed E-state index contributed by atoms with van der Waals surface area (Å²) in [6.07, 6.45) is 1.22. The second-order valence-corrected chi connectivity index (χ2v) is 2.89. The number of allylic oxidation sites excluding steroid dienone is 3. The van der Waals surface area contributed by atoms with Gasteiger partial charge in [-0.25, -0.2) is 9.82 Å². The van der Waals surface area contributed by atoms with Crippen LogP contribution in [0, 0.1) is 0 Å². The Hall–Kier alpha value is -1.16. The quantitative estimate of drug-likeness (QED) is 0.599. The summed E-state index contributed by atoms with van der Waals surface area (Å²) < 4.78 is 13.0. The van der Waals surface area contributed by atoms with Gasteiger partial charge < -0.3 is 0 Å². The number of nitrogens with one attached hydrogen (secondary N) is 1. The van der Waals surface area contributed by atoms with Gasteiger partial charge >= 0.3 is 0 Å². The largest absolute Gasteiger partial charge is 0.273 e. The Morgan fingerprint density at radius 1 is 1.67 bits per heavy atom. The molecule has 1 aliphatic carbocycles. The van der Waals surface area contributed by atoms with Crippen LogP contribution in [-0.2, 0) is 4.79 Å². The summed E-state index contributed by atoms with van der Waals surface area (Å²) in [6.45, 7) is 0. The molecule has 1 aliphatic heterocycles. The van der Waals surface area contributed by atoms with Gasteiger partial charge in [0.25, 0.3) is 5.91 Å². The van der Waals surface area contributed by atoms with Gasteiger partial charge in [0, 0.05) is 5.03 Å². The molecular formula is C7H4ClFN2O. The zero-order chi connectivity index (χ0) is 8.72. The second kappa shape index (κ2) is 2.42. The molecule has 3 nitrogen and oxygen atoms in total. The Morgan fingerprint density at radius 2 is 2.42 bits per heavy atom. The molecule has 0 aromatic heterocycles. The molecule has 2 aliphatic rings. The number of carbonyl (C=O) groups is 1. The van der Waals surface area contributed by atoms with Crippen LogP contribution in [0.3, 0.4) is 0 Å². The Balaban J connectivity index is 2.48. The third-order valence-electron chi connectivity index (χ3n) is 1.65. The van der Waals surface area contributed by atoms with E-state index in [1.165, 1.54) is 12.2 Å². The van der Waals surface area contributed by atoms with E-state index in [9.17, 15) is 9.18 Å². The molecule has 1 N–H and O–H groups in total. The molecule has 2 rings (SSSR count). The summed E-state index contributed by atoms with van der Waals surface area (Å²) in [5.74, 6) is -0.404. The molecule has 0 spiro atoms. The van der Waals surface area contributed by atoms with E-state index in [0.717, 1.165) is 0 Å². The minimum absolute atomic E-state index is 0.115. The molecule has 5 heteroatoms. The molecule has 12 heavy (non-hydrogen) atoms. The fourth-order valence-corrected chi connectivity index (χ4v) is 1.32. The van der Waals surface area contributed by atoms with Crippen LogP contribution in [0.2, 0.25) is 0 Å². The first-order valence-electron chi connectivity index (χ1n) is 3.30. The van der Waals surface area contributed by atoms with Crippen LogP contribution in [0.15, 0.2) is 27.9 Å². The van der Waals surface area contributed by atoms with Crippen LogP contribution in [0.1, 0.15) is 0 Å². The summed E-state index contributed by atoms with van der Waals surface area (Å²) in [5.41, 5.74) is 2.49. The molecule has 0 radical (unpaired) electrons. The summed E-state index contributed by atoms with van der Waals surface area (Å²) in [4.78, 5) is 11.0. The first kappa shape index (κ1) is 7.49. The van der Waals surface area contributed by atoms with Crippen LogP contribution in [0.5, 0.6) is 0 Å². The van der Waals surface area contributed by atoms with E-state index in [1.807, 2.05) is 0 Å². The molecule has 0 bridgehead atoms. The molecule has 0 saturated heterocycles. The maximum atomic E-state index is 13.0. The number of fused-ring (bicyclic) bond motifs is 1. The van der Waals surface area contributed by atoms with Gasteiger partial charge in [0.1, 0.15) is 5.71 Å². The third-order valence-corrected chi connectivity index (χ3v) is 1.88. The van der Waals surface area contributed by atoms with E-state index in [2.05, 4.69) is 10.5 Å². The lowest BCUT2D eigenvalue weighted by Crippen LogP contribution is -2.20. The summed E-state index contributed by atoms with van der Waals surface area (Å²) in [7, 11) is 0. The van der Waals surface area contributed by atoms with Gasteiger partial charge in [-0.15, -0.1) is 0 Å². The number of amides is 1. The van der Waals surface area contributed by atoms with Crippen molar-refractivity contribution in [3.05, 3.63) is 22.8 Å². The van der Waals surface area contributed by atoms with Crippen molar-refractivity contribution in [2.75, 3.05) is 0 Å². The minimum Gasteiger partial charge on any atom is -0.267 e. The number of rotatable bonds is 0. The molecule has 1 heterocycles. The predicted octanol–water partition coefficient (Wildman–Crippen LogP) is 0.873. The highest BCUT2D eigenvalue weighted by atomic mass is 35.5. The highest BCUT2D eigenvalue weighted by Gasteiger charge is 2.31. The first-order chi connectivity index (χ1) is 5.68. The molecule has 1 amide bonds. The van der Waals surface area contributed by atoms with Crippen molar-refractivity contribution < 1.29 is 9.18 Å². The average Bonchev–Trinajstić information content (AvgIpc) is 2.33. The molecule has 1 unspecified atom stereocenters. The maximum Gasteiger partial charge on any atom is 0.273 e. The van der Waals surface area contributed by atoms with E-state index >= 15 is 0 Å². The number of alkyl halides is 1. The van der Waals surface area contributed by atoms with Crippen molar-refractivity contribution in [1.29, 1.82) is 0 Å². The fraction of sp³-hybridized carbons (Fsp3) is 0.143. The van der Waals surface area contributed by atoms with Crippen molar-refractivity contribution in [3.8, 4) is 0 Å². The van der Waals surface area contributed by atoms with Crippen LogP contribution in [0.4, 0.5) is 4.39 Å². The molecule has 0 saturated carbocycles. The van der Waals surface area contributed by atoms with Gasteiger partial charge in [0.15, 0.2) is 6.17 Å². The average molecular weight is 187 g/mol. The van der Waals surface area contributed by atoms with Gasteiger partial charge in [0.2, 0.25) is 0 Å². The van der Waals surface area contributed by atoms with Crippen molar-refractivity contribution in [2.45, 2.75) is 6.17 Å². The SMILES string of the molecule is O=C1NN=C2C1=CC(Cl)=CC2F. The predicted molar refractivity (Wildman–Crippen MR) is 42.5 cm³/mol. The van der Waals surface area contributed by atoms with Gasteiger partial charge in [-0.2, -0.15) is 5.10 Å². The third kappa shape index (κ3) is 0.956. The van der Waals surface area contributed by atoms with E-state index in [0.29, 0.717) is 0 Å². The number of hydrogen-bond acceptors (Lipinski definition) is 2. The van der Waals surface area contributed by atoms with E-state index < -0.39 is 12.1 Å². The standard InChI is InChI=1S/C7H4ClFN2O/c8-3-1-4-6(5(9)2-3)10-11-7(4)12/h1-2,5H,(H,11,12). The Labute approximate surface area is 72.6 Å². The van der Waals surface area contributed by atoms with Crippen molar-refractivity contribution in [1.82, 2.24) is 5.43 Å². The Bertz CT molecular complexity index is 345. The lowest BCUT2D eigenvalue weighted by atomic mass is 10.0. The van der Waals surface area contributed by atoms with Gasteiger partial charge in [-0.3, -0.25) is 4.79 Å². The van der Waals surface area contributed by atoms with Crippen molar-refractivity contribution in [3.63, 3.8) is 0 Å². The van der Waals surface area contributed by atoms with Crippen molar-refractivity contribution in [2.24, 2.45) is 5.10 Å². The summed E-state index contributed by atoms with van der Waals surface area (Å²) >= 11 is 5.55. The number of halogens is 2. The number of hydrogen-bond donors (Lipinski definition) is 1. The lowest BCUT2D eigenvalue weighted by Gasteiger charge is -2.08. The van der Waals surface area contributed by atoms with Crippen LogP contribution >= 0.6 is 11.6 Å². The van der Waals surface area contributed by atoms with Gasteiger partial charge in [-0.1, -0.05) is 11.6 Å². The molecular weight excluding hydrogens is 183 g/mol. The summed E-state index contributed by atoms with van der Waals surface area (Å²) in [5, 5.41) is 3.75. The Kier molecular flexibility index (Phi) is 1.51. The number of nitrogens with zero attached hydrogens (tertiary/aromatic N) is 1. The van der Waals surface area contributed by atoms with Crippen molar-refractivity contribution >= 4 is 23.2 Å². The van der Waals surface area contributed by atoms with E-state index in [4.69, 9.17) is 11.6 Å². The maximum absolute atomic E-state index is 13.0. The topological polar surface area (TPSA) is 41.5 Å².